The third-order valence-electron chi connectivity index (χ3n) is 12.1. The first-order valence-electron chi connectivity index (χ1n) is 24.4. The molecule has 3 unspecified atom stereocenters. The van der Waals surface area contributed by atoms with Gasteiger partial charge in [-0.2, -0.15) is 0 Å². The third kappa shape index (κ3) is 34.4. The molecule has 0 spiro atoms. The highest BCUT2D eigenvalue weighted by molar-refractivity contribution is 6.67. The van der Waals surface area contributed by atoms with Crippen LogP contribution in [0.1, 0.15) is 240 Å². The summed E-state index contributed by atoms with van der Waals surface area (Å²) in [4.78, 5) is 0. The molecule has 0 aliphatic rings. The summed E-state index contributed by atoms with van der Waals surface area (Å²) >= 11 is 18.0. The zero-order chi connectivity index (χ0) is 41.7. The molecule has 0 aromatic rings. The summed E-state index contributed by atoms with van der Waals surface area (Å²) in [5.41, 5.74) is 3.63. The lowest BCUT2D eigenvalue weighted by Crippen LogP contribution is -2.37. The standard InChI is InChI=1S/C50H96Cl3N3/c1-9-13-17-21-23-27-35-47(34-25-19-15-11-3)44(6)54-41-32-30-38-49(46(8)55-42-31-29-33-43(5)39-40-50(51,52)53)56-45(7)48(36-26-20-16-12-4)37-28-24-22-18-14-10-2/h43,47-49,54-56H,6-42H2,1-5H3/t43?,47?,48?,49-/m0/s1. The molecule has 0 bridgehead atoms. The van der Waals surface area contributed by atoms with Gasteiger partial charge in [0.1, 0.15) is 0 Å². The van der Waals surface area contributed by atoms with E-state index in [2.05, 4.69) is 63.7 Å². The number of alkyl halides is 3. The fraction of sp³-hybridized carbons (Fsp3) is 0.880. The van der Waals surface area contributed by atoms with Crippen LogP contribution in [0, 0.1) is 17.8 Å². The van der Waals surface area contributed by atoms with E-state index in [1.807, 2.05) is 0 Å². The second-order valence-electron chi connectivity index (χ2n) is 17.6. The van der Waals surface area contributed by atoms with Crippen molar-refractivity contribution in [2.24, 2.45) is 17.8 Å². The van der Waals surface area contributed by atoms with Gasteiger partial charge in [-0.3, -0.25) is 0 Å². The number of allylic oxidation sites excluding steroid dienone is 2. The minimum atomic E-state index is -1.14. The monoisotopic (exact) mass is 844 g/mol. The molecule has 0 heterocycles. The van der Waals surface area contributed by atoms with Crippen molar-refractivity contribution in [2.75, 3.05) is 13.1 Å². The highest BCUT2D eigenvalue weighted by Crippen LogP contribution is 2.33. The van der Waals surface area contributed by atoms with E-state index in [1.54, 1.807) is 0 Å². The zero-order valence-electron chi connectivity index (χ0n) is 38.1. The van der Waals surface area contributed by atoms with Gasteiger partial charge in [-0.05, 0) is 82.0 Å². The highest BCUT2D eigenvalue weighted by atomic mass is 35.6. The molecule has 6 heteroatoms. The number of nitrogens with one attached hydrogen (secondary N) is 3. The summed E-state index contributed by atoms with van der Waals surface area (Å²) in [7, 11) is 0. The Kier molecular flexibility index (Phi) is 38.3. The van der Waals surface area contributed by atoms with E-state index in [1.165, 1.54) is 165 Å². The average molecular weight is 846 g/mol. The van der Waals surface area contributed by atoms with Crippen molar-refractivity contribution >= 4 is 34.8 Å². The van der Waals surface area contributed by atoms with E-state index < -0.39 is 3.79 Å². The van der Waals surface area contributed by atoms with Crippen LogP contribution in [0.3, 0.4) is 0 Å². The molecule has 4 atom stereocenters. The number of hydrogen-bond donors (Lipinski definition) is 3. The Labute approximate surface area is 366 Å². The largest absolute Gasteiger partial charge is 0.389 e. The van der Waals surface area contributed by atoms with Crippen molar-refractivity contribution in [1.82, 2.24) is 16.0 Å². The fourth-order valence-electron chi connectivity index (χ4n) is 8.05. The molecule has 0 fully saturated rings. The Balaban J connectivity index is 5.33. The van der Waals surface area contributed by atoms with Crippen molar-refractivity contribution < 1.29 is 0 Å². The predicted molar refractivity (Wildman–Crippen MR) is 257 cm³/mol. The molecule has 0 aromatic heterocycles. The lowest BCUT2D eigenvalue weighted by molar-refractivity contribution is 0.408. The summed E-state index contributed by atoms with van der Waals surface area (Å²) in [5.74, 6) is 1.70. The minimum Gasteiger partial charge on any atom is -0.389 e. The molecule has 0 saturated carbocycles. The fourth-order valence-corrected chi connectivity index (χ4v) is 8.38. The SMILES string of the molecule is C=C(NCCCC[C@H](NC(=C)C(CCCCCC)CCCCCCCC)C(=C)NCCCCC(C)CCC(Cl)(Cl)Cl)C(CCCCCC)CCCCCCCC. The van der Waals surface area contributed by atoms with Crippen LogP contribution in [-0.2, 0) is 0 Å². The summed E-state index contributed by atoms with van der Waals surface area (Å²) in [6, 6.07) is 0.190. The first kappa shape index (κ1) is 55.5. The molecule has 0 aliphatic carbocycles. The van der Waals surface area contributed by atoms with Gasteiger partial charge in [-0.1, -0.05) is 230 Å². The molecule has 0 aromatic carbocycles. The van der Waals surface area contributed by atoms with Crippen LogP contribution >= 0.6 is 34.8 Å². The van der Waals surface area contributed by atoms with Crippen molar-refractivity contribution in [2.45, 2.75) is 250 Å². The Bertz CT molecular complexity index is 916. The highest BCUT2D eigenvalue weighted by Gasteiger charge is 2.21. The first-order chi connectivity index (χ1) is 27.0. The molecule has 332 valence electrons. The molecule has 56 heavy (non-hydrogen) atoms. The quantitative estimate of drug-likeness (QED) is 0.0423. The van der Waals surface area contributed by atoms with E-state index >= 15 is 0 Å². The average Bonchev–Trinajstić information content (AvgIpc) is 3.16. The summed E-state index contributed by atoms with van der Waals surface area (Å²) in [6.07, 6.45) is 40.2. The van der Waals surface area contributed by atoms with Crippen LogP contribution in [0.15, 0.2) is 36.8 Å². The molecular formula is C50H96Cl3N3. The summed E-state index contributed by atoms with van der Waals surface area (Å²) in [5, 5.41) is 11.5. The van der Waals surface area contributed by atoms with Crippen molar-refractivity contribution in [3.05, 3.63) is 36.8 Å². The zero-order valence-corrected chi connectivity index (χ0v) is 40.4. The topological polar surface area (TPSA) is 36.1 Å². The van der Waals surface area contributed by atoms with Crippen LogP contribution in [-0.4, -0.2) is 22.9 Å². The van der Waals surface area contributed by atoms with Crippen LogP contribution in [0.2, 0.25) is 0 Å². The Morgan fingerprint density at radius 2 is 0.786 bits per heavy atom. The second kappa shape index (κ2) is 38.7. The summed E-state index contributed by atoms with van der Waals surface area (Å²) in [6.45, 7) is 27.3. The Hall–Kier alpha value is -0.510. The van der Waals surface area contributed by atoms with E-state index in [4.69, 9.17) is 41.4 Å². The Morgan fingerprint density at radius 1 is 0.429 bits per heavy atom. The first-order valence-corrected chi connectivity index (χ1v) is 25.5. The molecular weight excluding hydrogens is 749 g/mol. The maximum Gasteiger partial charge on any atom is 0.190 e. The van der Waals surface area contributed by atoms with Crippen LogP contribution < -0.4 is 16.0 Å². The van der Waals surface area contributed by atoms with Gasteiger partial charge in [-0.15, -0.1) is 0 Å². The minimum absolute atomic E-state index is 0.190. The van der Waals surface area contributed by atoms with Gasteiger partial charge >= 0.3 is 0 Å². The van der Waals surface area contributed by atoms with Crippen molar-refractivity contribution in [1.29, 1.82) is 0 Å². The molecule has 0 amide bonds. The van der Waals surface area contributed by atoms with Gasteiger partial charge in [0.25, 0.3) is 0 Å². The van der Waals surface area contributed by atoms with Gasteiger partial charge in [-0.25, -0.2) is 0 Å². The van der Waals surface area contributed by atoms with Gasteiger partial charge in [0, 0.05) is 30.2 Å². The second-order valence-corrected chi connectivity index (χ2v) is 20.1. The maximum atomic E-state index is 6.00. The van der Waals surface area contributed by atoms with E-state index in [0.29, 0.717) is 24.2 Å². The molecule has 0 rings (SSSR count). The predicted octanol–water partition coefficient (Wildman–Crippen LogP) is 17.5. The van der Waals surface area contributed by atoms with Crippen LogP contribution in [0.5, 0.6) is 0 Å². The Morgan fingerprint density at radius 3 is 1.23 bits per heavy atom. The lowest BCUT2D eigenvalue weighted by Gasteiger charge is -2.29. The van der Waals surface area contributed by atoms with Crippen molar-refractivity contribution in [3.8, 4) is 0 Å². The normalized spacial score (nSPS) is 13.9. The van der Waals surface area contributed by atoms with E-state index in [-0.39, 0.29) is 6.04 Å². The van der Waals surface area contributed by atoms with Crippen LogP contribution in [0.25, 0.3) is 0 Å². The number of hydrogen-bond acceptors (Lipinski definition) is 3. The number of halogens is 3. The van der Waals surface area contributed by atoms with Gasteiger partial charge < -0.3 is 16.0 Å². The smallest absolute Gasteiger partial charge is 0.190 e. The van der Waals surface area contributed by atoms with Crippen LogP contribution in [0.4, 0.5) is 0 Å². The summed E-state index contributed by atoms with van der Waals surface area (Å²) < 4.78 is -1.14. The van der Waals surface area contributed by atoms with E-state index in [9.17, 15) is 0 Å². The number of rotatable bonds is 43. The van der Waals surface area contributed by atoms with E-state index in [0.717, 1.165) is 63.7 Å². The van der Waals surface area contributed by atoms with Gasteiger partial charge in [0.2, 0.25) is 0 Å². The molecule has 3 N–H and O–H groups in total. The molecule has 0 radical (unpaired) electrons. The molecule has 3 nitrogen and oxygen atoms in total. The van der Waals surface area contributed by atoms with Crippen molar-refractivity contribution in [3.63, 3.8) is 0 Å². The maximum absolute atomic E-state index is 6.00. The lowest BCUT2D eigenvalue weighted by atomic mass is 9.91. The third-order valence-corrected chi connectivity index (χ3v) is 12.6. The van der Waals surface area contributed by atoms with Gasteiger partial charge in [0.05, 0.1) is 6.04 Å². The number of unbranched alkanes of at least 4 members (excludes halogenated alkanes) is 18. The molecule has 0 saturated heterocycles. The van der Waals surface area contributed by atoms with Gasteiger partial charge in [0.15, 0.2) is 3.79 Å². The molecule has 0 aliphatic heterocycles.